The van der Waals surface area contributed by atoms with E-state index < -0.39 is 0 Å². The number of nitrogens with one attached hydrogen (secondary N) is 1. The van der Waals surface area contributed by atoms with E-state index in [4.69, 9.17) is 14.2 Å². The van der Waals surface area contributed by atoms with E-state index in [0.29, 0.717) is 17.5 Å². The van der Waals surface area contributed by atoms with Gasteiger partial charge in [-0.25, -0.2) is 0 Å². The number of rotatable bonds is 9. The molecule has 20 heavy (non-hydrogen) atoms. The van der Waals surface area contributed by atoms with Crippen LogP contribution in [0.25, 0.3) is 0 Å². The van der Waals surface area contributed by atoms with Crippen LogP contribution in [0, 0.1) is 0 Å². The molecule has 0 aliphatic carbocycles. The van der Waals surface area contributed by atoms with Crippen molar-refractivity contribution in [3.05, 3.63) is 17.7 Å². The number of hydrogen-bond acceptors (Lipinski definition) is 4. The molecule has 114 valence electrons. The van der Waals surface area contributed by atoms with Crippen molar-refractivity contribution in [2.75, 3.05) is 27.9 Å². The predicted molar refractivity (Wildman–Crippen MR) is 82.2 cm³/mol. The summed E-state index contributed by atoms with van der Waals surface area (Å²) in [6.45, 7) is 5.45. The van der Waals surface area contributed by atoms with Crippen molar-refractivity contribution in [2.24, 2.45) is 0 Å². The molecule has 0 fully saturated rings. The van der Waals surface area contributed by atoms with Gasteiger partial charge in [0.05, 0.1) is 21.3 Å². The third kappa shape index (κ3) is 4.30. The lowest BCUT2D eigenvalue weighted by Crippen LogP contribution is -2.27. The molecule has 0 saturated heterocycles. The molecule has 0 heterocycles. The maximum absolute atomic E-state index is 5.50. The highest BCUT2D eigenvalue weighted by Crippen LogP contribution is 2.40. The minimum atomic E-state index is 0.493. The average molecular weight is 281 g/mol. The second-order valence-corrected chi connectivity index (χ2v) is 4.89. The fourth-order valence-corrected chi connectivity index (χ4v) is 2.22. The predicted octanol–water partition coefficient (Wildman–Crippen LogP) is 3.03. The molecular formula is C16H27NO3. The van der Waals surface area contributed by atoms with Crippen LogP contribution in [0.2, 0.25) is 0 Å². The van der Waals surface area contributed by atoms with Crippen LogP contribution in [-0.2, 0) is 6.42 Å². The Morgan fingerprint density at radius 1 is 1.05 bits per heavy atom. The van der Waals surface area contributed by atoms with E-state index in [0.717, 1.165) is 37.1 Å². The van der Waals surface area contributed by atoms with Gasteiger partial charge in [0.1, 0.15) is 0 Å². The van der Waals surface area contributed by atoms with Crippen molar-refractivity contribution in [1.82, 2.24) is 5.32 Å². The van der Waals surface area contributed by atoms with E-state index in [1.165, 1.54) is 0 Å². The van der Waals surface area contributed by atoms with Crippen LogP contribution in [0.15, 0.2) is 12.1 Å². The molecule has 4 heteroatoms. The number of aryl methyl sites for hydroxylation is 1. The molecule has 0 bridgehead atoms. The third-order valence-electron chi connectivity index (χ3n) is 3.38. The van der Waals surface area contributed by atoms with Gasteiger partial charge in [0.25, 0.3) is 0 Å². The summed E-state index contributed by atoms with van der Waals surface area (Å²) in [5.41, 5.74) is 1.15. The van der Waals surface area contributed by atoms with Gasteiger partial charge in [0.15, 0.2) is 11.5 Å². The number of benzene rings is 1. The smallest absolute Gasteiger partial charge is 0.203 e. The van der Waals surface area contributed by atoms with Gasteiger partial charge >= 0.3 is 0 Å². The maximum atomic E-state index is 5.50. The summed E-state index contributed by atoms with van der Waals surface area (Å²) in [5, 5.41) is 3.49. The molecule has 0 aliphatic rings. The molecule has 1 rings (SSSR count). The first-order valence-corrected chi connectivity index (χ1v) is 7.19. The van der Waals surface area contributed by atoms with Crippen LogP contribution in [0.4, 0.5) is 0 Å². The van der Waals surface area contributed by atoms with Crippen LogP contribution in [0.5, 0.6) is 17.2 Å². The van der Waals surface area contributed by atoms with Gasteiger partial charge in [0.2, 0.25) is 5.75 Å². The maximum Gasteiger partial charge on any atom is 0.203 e. The number of ether oxygens (including phenoxy) is 3. The normalized spacial score (nSPS) is 12.1. The number of methoxy groups -OCH3 is 3. The molecule has 0 aromatic heterocycles. The Morgan fingerprint density at radius 2 is 1.75 bits per heavy atom. The minimum Gasteiger partial charge on any atom is -0.493 e. The lowest BCUT2D eigenvalue weighted by atomic mass is 10.0. The van der Waals surface area contributed by atoms with Crippen LogP contribution in [-0.4, -0.2) is 33.9 Å². The lowest BCUT2D eigenvalue weighted by Gasteiger charge is -2.17. The Balaban J connectivity index is 2.79. The van der Waals surface area contributed by atoms with E-state index in [-0.39, 0.29) is 0 Å². The van der Waals surface area contributed by atoms with Gasteiger partial charge in [-0.1, -0.05) is 13.0 Å². The second kappa shape index (κ2) is 8.69. The van der Waals surface area contributed by atoms with Crippen LogP contribution in [0.1, 0.15) is 32.3 Å². The SMILES string of the molecule is CCCNC(C)CCc1ccc(OC)c(OC)c1OC. The van der Waals surface area contributed by atoms with Crippen molar-refractivity contribution in [2.45, 2.75) is 39.2 Å². The first-order valence-electron chi connectivity index (χ1n) is 7.19. The Morgan fingerprint density at radius 3 is 2.30 bits per heavy atom. The van der Waals surface area contributed by atoms with Crippen molar-refractivity contribution in [3.63, 3.8) is 0 Å². The monoisotopic (exact) mass is 281 g/mol. The summed E-state index contributed by atoms with van der Waals surface area (Å²) in [6, 6.07) is 4.47. The zero-order valence-corrected chi connectivity index (χ0v) is 13.3. The van der Waals surface area contributed by atoms with E-state index in [2.05, 4.69) is 19.2 Å². The van der Waals surface area contributed by atoms with Gasteiger partial charge in [0, 0.05) is 6.04 Å². The highest BCUT2D eigenvalue weighted by atomic mass is 16.5. The molecule has 0 spiro atoms. The van der Waals surface area contributed by atoms with Crippen LogP contribution < -0.4 is 19.5 Å². The lowest BCUT2D eigenvalue weighted by molar-refractivity contribution is 0.321. The molecule has 0 aliphatic heterocycles. The first kappa shape index (κ1) is 16.6. The van der Waals surface area contributed by atoms with Gasteiger partial charge in [-0.3, -0.25) is 0 Å². The summed E-state index contributed by atoms with van der Waals surface area (Å²) < 4.78 is 16.2. The molecule has 1 atom stereocenters. The number of hydrogen-bond donors (Lipinski definition) is 1. The minimum absolute atomic E-state index is 0.493. The molecule has 1 aromatic rings. The average Bonchev–Trinajstić information content (AvgIpc) is 2.49. The Hall–Kier alpha value is -1.42. The molecular weight excluding hydrogens is 254 g/mol. The first-order chi connectivity index (χ1) is 9.67. The van der Waals surface area contributed by atoms with Crippen molar-refractivity contribution in [3.8, 4) is 17.2 Å². The van der Waals surface area contributed by atoms with Crippen LogP contribution in [0.3, 0.4) is 0 Å². The zero-order valence-electron chi connectivity index (χ0n) is 13.3. The van der Waals surface area contributed by atoms with Crippen LogP contribution >= 0.6 is 0 Å². The highest BCUT2D eigenvalue weighted by Gasteiger charge is 2.16. The molecule has 0 saturated carbocycles. The van der Waals surface area contributed by atoms with Gasteiger partial charge in [-0.05, 0) is 44.4 Å². The molecule has 4 nitrogen and oxygen atoms in total. The summed E-state index contributed by atoms with van der Waals surface area (Å²) in [4.78, 5) is 0. The van der Waals surface area contributed by atoms with Crippen molar-refractivity contribution in [1.29, 1.82) is 0 Å². The molecule has 0 amide bonds. The molecule has 1 unspecified atom stereocenters. The Labute approximate surface area is 122 Å². The zero-order chi connectivity index (χ0) is 15.0. The van der Waals surface area contributed by atoms with E-state index in [1.54, 1.807) is 21.3 Å². The summed E-state index contributed by atoms with van der Waals surface area (Å²) >= 11 is 0. The highest BCUT2D eigenvalue weighted by molar-refractivity contribution is 5.55. The summed E-state index contributed by atoms with van der Waals surface area (Å²) in [5.74, 6) is 2.14. The van der Waals surface area contributed by atoms with Gasteiger partial charge < -0.3 is 19.5 Å². The fourth-order valence-electron chi connectivity index (χ4n) is 2.22. The fraction of sp³-hybridized carbons (Fsp3) is 0.625. The second-order valence-electron chi connectivity index (χ2n) is 4.89. The van der Waals surface area contributed by atoms with Gasteiger partial charge in [-0.15, -0.1) is 0 Å². The quantitative estimate of drug-likeness (QED) is 0.755. The molecule has 1 N–H and O–H groups in total. The van der Waals surface area contributed by atoms with E-state index in [1.807, 2.05) is 12.1 Å². The van der Waals surface area contributed by atoms with E-state index in [9.17, 15) is 0 Å². The third-order valence-corrected chi connectivity index (χ3v) is 3.38. The van der Waals surface area contributed by atoms with E-state index >= 15 is 0 Å². The Bertz CT molecular complexity index is 407. The summed E-state index contributed by atoms with van der Waals surface area (Å²) in [6.07, 6.45) is 3.16. The van der Waals surface area contributed by atoms with Crippen molar-refractivity contribution < 1.29 is 14.2 Å². The largest absolute Gasteiger partial charge is 0.493 e. The van der Waals surface area contributed by atoms with Crippen molar-refractivity contribution >= 4 is 0 Å². The molecule has 1 aromatic carbocycles. The topological polar surface area (TPSA) is 39.7 Å². The Kier molecular flexibility index (Phi) is 7.23. The van der Waals surface area contributed by atoms with Gasteiger partial charge in [-0.2, -0.15) is 0 Å². The standard InChI is InChI=1S/C16H27NO3/c1-6-11-17-12(2)7-8-13-9-10-14(18-3)16(20-5)15(13)19-4/h9-10,12,17H,6-8,11H2,1-5H3. The molecule has 0 radical (unpaired) electrons. The summed E-state index contributed by atoms with van der Waals surface area (Å²) in [7, 11) is 4.93.